The van der Waals surface area contributed by atoms with Crippen LogP contribution >= 0.6 is 101 Å². The number of alkyl halides is 3. The molecule has 486 valence electrons. The van der Waals surface area contributed by atoms with E-state index in [2.05, 4.69) is 240 Å². The van der Waals surface area contributed by atoms with Crippen molar-refractivity contribution in [2.45, 2.75) is 199 Å². The number of aryl methyl sites for hydroxylation is 5. The highest BCUT2D eigenvalue weighted by molar-refractivity contribution is 9.10. The van der Waals surface area contributed by atoms with E-state index in [4.69, 9.17) is 69.6 Å². The van der Waals surface area contributed by atoms with Gasteiger partial charge in [-0.3, -0.25) is 0 Å². The van der Waals surface area contributed by atoms with E-state index in [0.717, 1.165) is 26.7 Å². The summed E-state index contributed by atoms with van der Waals surface area (Å²) in [6.07, 6.45) is -4.24. The molecule has 0 aromatic heterocycles. The van der Waals surface area contributed by atoms with Gasteiger partial charge in [0.05, 0.1) is 5.56 Å². The van der Waals surface area contributed by atoms with E-state index in [-0.39, 0.29) is 5.92 Å². The number of halogens is 11. The van der Waals surface area contributed by atoms with Gasteiger partial charge in [-0.05, 0) is 210 Å². The van der Waals surface area contributed by atoms with Gasteiger partial charge in [-0.25, -0.2) is 0 Å². The Balaban J connectivity index is 0.000000510. The van der Waals surface area contributed by atoms with Crippen LogP contribution in [0.4, 0.5) is 13.2 Å². The van der Waals surface area contributed by atoms with Gasteiger partial charge in [-0.2, -0.15) is 13.2 Å². The molecule has 0 aliphatic heterocycles. The highest BCUT2D eigenvalue weighted by Crippen LogP contribution is 2.35. The molecule has 89 heavy (non-hydrogen) atoms. The first-order valence-electron chi connectivity index (χ1n) is 30.4. The first-order valence-corrected chi connectivity index (χ1v) is 34.3. The quantitative estimate of drug-likeness (QED) is 0.142. The molecule has 11 heteroatoms. The zero-order valence-electron chi connectivity index (χ0n) is 56.3. The van der Waals surface area contributed by atoms with E-state index in [1.165, 1.54) is 67.0 Å². The lowest BCUT2D eigenvalue weighted by Gasteiger charge is -2.13. The van der Waals surface area contributed by atoms with Crippen LogP contribution in [0, 0.1) is 34.6 Å². The summed E-state index contributed by atoms with van der Waals surface area (Å²) in [6, 6.07) is 51.8. The molecule has 0 aliphatic rings. The fourth-order valence-corrected chi connectivity index (χ4v) is 12.0. The highest BCUT2D eigenvalue weighted by atomic mass is 79.9. The normalized spacial score (nSPS) is 10.8. The number of rotatable bonds is 8. The standard InChI is InChI=1S/C11H13F3.C10H13Br.3C10H14.C9H10BrCl.C9H9Cl3.C9H10Cl2/c1-7(2)9-4-5-10(8(3)6-9)11(12,13)14;1-7(2)9-4-8(3)5-10(11)6-9;2*1-8(2)10-6-4-5-9(3)7-10;1-8(2)10-7-5-4-6-9(10)3;1-6(2)7-3-8(10)5-9(11)4-7;1-5(2)9-7(11)3-6(10)4-8(9)12;1-6(2)7-3-8(10)5-9(11)4-7/h4-7H,1-3H3;4-7H,1-3H3;3*4-8H,1-3H3;3-6H,1-2H3;3-5H,1-2H3;3-6H,1-2H3. The molecule has 0 atom stereocenters. The molecule has 0 saturated carbocycles. The van der Waals surface area contributed by atoms with Crippen LogP contribution in [0.2, 0.25) is 30.1 Å². The van der Waals surface area contributed by atoms with Gasteiger partial charge in [0.2, 0.25) is 0 Å². The lowest BCUT2D eigenvalue weighted by molar-refractivity contribution is -0.138. The third-order valence-electron chi connectivity index (χ3n) is 13.9. The van der Waals surface area contributed by atoms with Crippen LogP contribution in [0.15, 0.2) is 167 Å². The zero-order chi connectivity index (χ0) is 68.2. The average molecular weight is 1460 g/mol. The van der Waals surface area contributed by atoms with Gasteiger partial charge in [-0.1, -0.05) is 314 Å². The third-order valence-corrected chi connectivity index (χ3v) is 16.3. The minimum Gasteiger partial charge on any atom is -0.166 e. The Labute approximate surface area is 583 Å². The Hall–Kier alpha value is -3.75. The van der Waals surface area contributed by atoms with Crippen molar-refractivity contribution in [3.8, 4) is 0 Å². The highest BCUT2D eigenvalue weighted by Gasteiger charge is 2.32. The molecule has 8 aromatic carbocycles. The summed E-state index contributed by atoms with van der Waals surface area (Å²) in [6.45, 7) is 44.3. The molecule has 0 aliphatic carbocycles. The fourth-order valence-electron chi connectivity index (χ4n) is 8.68. The van der Waals surface area contributed by atoms with Crippen LogP contribution in [0.25, 0.3) is 0 Å². The maximum absolute atomic E-state index is 12.4. The second-order valence-electron chi connectivity index (χ2n) is 24.7. The maximum Gasteiger partial charge on any atom is 0.416 e. The van der Waals surface area contributed by atoms with Crippen molar-refractivity contribution in [3.63, 3.8) is 0 Å². The van der Waals surface area contributed by atoms with Crippen LogP contribution < -0.4 is 0 Å². The minimum atomic E-state index is -4.24. The van der Waals surface area contributed by atoms with E-state index in [0.29, 0.717) is 72.1 Å². The molecule has 8 aromatic rings. The summed E-state index contributed by atoms with van der Waals surface area (Å²) in [4.78, 5) is 0. The van der Waals surface area contributed by atoms with Crippen molar-refractivity contribution in [3.05, 3.63) is 275 Å². The van der Waals surface area contributed by atoms with Crippen molar-refractivity contribution in [1.29, 1.82) is 0 Å². The summed E-state index contributed by atoms with van der Waals surface area (Å²) in [5, 5.41) is 4.07. The molecule has 0 amide bonds. The molecular weight excluding hydrogens is 1370 g/mol. The molecule has 0 spiro atoms. The summed E-state index contributed by atoms with van der Waals surface area (Å²) >= 11 is 42.0. The van der Waals surface area contributed by atoms with Gasteiger partial charge < -0.3 is 0 Å². The van der Waals surface area contributed by atoms with Crippen molar-refractivity contribution >= 4 is 101 Å². The van der Waals surface area contributed by atoms with E-state index in [1.54, 1.807) is 30.3 Å². The van der Waals surface area contributed by atoms with Crippen LogP contribution in [0.1, 0.15) is 236 Å². The second kappa shape index (κ2) is 41.8. The summed E-state index contributed by atoms with van der Waals surface area (Å²) in [7, 11) is 0. The van der Waals surface area contributed by atoms with Crippen LogP contribution in [0.3, 0.4) is 0 Å². The zero-order valence-corrected chi connectivity index (χ0v) is 64.0. The fraction of sp³-hybridized carbons (Fsp3) is 0.385. The van der Waals surface area contributed by atoms with Crippen LogP contribution in [0.5, 0.6) is 0 Å². The topological polar surface area (TPSA) is 0 Å². The number of benzene rings is 8. The number of hydrogen-bond acceptors (Lipinski definition) is 0. The van der Waals surface area contributed by atoms with Crippen molar-refractivity contribution in [2.24, 2.45) is 0 Å². The van der Waals surface area contributed by atoms with Crippen molar-refractivity contribution in [1.82, 2.24) is 0 Å². The lowest BCUT2D eigenvalue weighted by atomic mass is 9.98. The third kappa shape index (κ3) is 33.6. The summed E-state index contributed by atoms with van der Waals surface area (Å²) in [5.74, 6) is 4.17. The van der Waals surface area contributed by atoms with Crippen molar-refractivity contribution < 1.29 is 13.2 Å². The molecular formula is C78H97Br2Cl6F3. The maximum atomic E-state index is 12.4. The Kier molecular flexibility index (Phi) is 39.1. The van der Waals surface area contributed by atoms with E-state index >= 15 is 0 Å². The first kappa shape index (κ1) is 83.3. The SMILES string of the molecule is CC(C)c1c(Cl)cc(Cl)cc1Cl.CC(C)c1cc(Cl)cc(Br)c1.CC(C)c1cc(Cl)cc(Cl)c1.Cc1cc(Br)cc(C(C)C)c1.Cc1cc(C(C)C)ccc1C(F)(F)F.Cc1cccc(C(C)C)c1.Cc1cccc(C(C)C)c1.Cc1ccccc1C(C)C. The molecule has 0 heterocycles. The van der Waals surface area contributed by atoms with E-state index in [1.807, 2.05) is 52.0 Å². The molecule has 0 nitrogen and oxygen atoms in total. The predicted octanol–water partition coefficient (Wildman–Crippen LogP) is 30.5. The molecule has 0 saturated heterocycles. The van der Waals surface area contributed by atoms with Gasteiger partial charge in [-0.15, -0.1) is 0 Å². The summed E-state index contributed by atoms with van der Waals surface area (Å²) < 4.78 is 39.4. The molecule has 0 N–H and O–H groups in total. The van der Waals surface area contributed by atoms with Crippen LogP contribution in [-0.2, 0) is 6.18 Å². The largest absolute Gasteiger partial charge is 0.416 e. The van der Waals surface area contributed by atoms with Crippen LogP contribution in [-0.4, -0.2) is 0 Å². The first-order chi connectivity index (χ1) is 41.2. The molecule has 0 bridgehead atoms. The van der Waals surface area contributed by atoms with Gasteiger partial charge in [0.1, 0.15) is 0 Å². The Morgan fingerprint density at radius 1 is 0.303 bits per heavy atom. The molecule has 0 unspecified atom stereocenters. The molecule has 0 radical (unpaired) electrons. The second-order valence-corrected chi connectivity index (χ2v) is 29.1. The average Bonchev–Trinajstić information content (AvgIpc) is 3.31. The lowest BCUT2D eigenvalue weighted by Crippen LogP contribution is -2.07. The minimum absolute atomic E-state index is 0.260. The van der Waals surface area contributed by atoms with Gasteiger partial charge in [0.15, 0.2) is 0 Å². The van der Waals surface area contributed by atoms with Gasteiger partial charge in [0, 0.05) is 39.1 Å². The summed E-state index contributed by atoms with van der Waals surface area (Å²) in [5.41, 5.74) is 15.3. The Morgan fingerprint density at radius 3 is 0.989 bits per heavy atom. The molecule has 8 rings (SSSR count). The van der Waals surface area contributed by atoms with E-state index < -0.39 is 11.7 Å². The van der Waals surface area contributed by atoms with Gasteiger partial charge >= 0.3 is 6.18 Å². The monoisotopic (exact) mass is 1460 g/mol. The number of hydrogen-bond donors (Lipinski definition) is 0. The Bertz CT molecular complexity index is 3090. The van der Waals surface area contributed by atoms with Crippen molar-refractivity contribution in [2.75, 3.05) is 0 Å². The predicted molar refractivity (Wildman–Crippen MR) is 398 cm³/mol. The Morgan fingerprint density at radius 2 is 0.663 bits per heavy atom. The van der Waals surface area contributed by atoms with E-state index in [9.17, 15) is 13.2 Å². The van der Waals surface area contributed by atoms with Gasteiger partial charge in [0.25, 0.3) is 0 Å². The molecule has 0 fully saturated rings. The smallest absolute Gasteiger partial charge is 0.166 e.